The zero-order chi connectivity index (χ0) is 13.4. The predicted molar refractivity (Wildman–Crippen MR) is 72.4 cm³/mol. The topological polar surface area (TPSA) is 70.2 Å². The highest BCUT2D eigenvalue weighted by Crippen LogP contribution is 2.13. The van der Waals surface area contributed by atoms with E-state index < -0.39 is 0 Å². The summed E-state index contributed by atoms with van der Waals surface area (Å²) in [4.78, 5) is 22.3. The average Bonchev–Trinajstić information content (AvgIpc) is 2.31. The molecule has 2 amide bonds. The summed E-state index contributed by atoms with van der Waals surface area (Å²) >= 11 is 0. The van der Waals surface area contributed by atoms with Gasteiger partial charge in [0.2, 0.25) is 11.8 Å². The zero-order valence-corrected chi connectivity index (χ0v) is 10.3. The van der Waals surface area contributed by atoms with Crippen LogP contribution in [0.2, 0.25) is 0 Å². The number of nitrogens with one attached hydrogen (secondary N) is 3. The molecule has 0 aliphatic heterocycles. The monoisotopic (exact) mass is 247 g/mol. The third-order valence-electron chi connectivity index (χ3n) is 2.06. The van der Waals surface area contributed by atoms with E-state index in [1.807, 2.05) is 0 Å². The van der Waals surface area contributed by atoms with Crippen molar-refractivity contribution in [1.82, 2.24) is 5.32 Å². The summed E-state index contributed by atoms with van der Waals surface area (Å²) in [6, 6.07) is 6.93. The molecule has 5 nitrogen and oxygen atoms in total. The van der Waals surface area contributed by atoms with E-state index in [-0.39, 0.29) is 18.4 Å². The van der Waals surface area contributed by atoms with Crippen LogP contribution in [-0.4, -0.2) is 24.9 Å². The minimum Gasteiger partial charge on any atom is -0.326 e. The van der Waals surface area contributed by atoms with Gasteiger partial charge in [0.1, 0.15) is 0 Å². The van der Waals surface area contributed by atoms with E-state index in [1.165, 1.54) is 6.92 Å². The maximum atomic E-state index is 11.5. The molecule has 0 aliphatic rings. The van der Waals surface area contributed by atoms with Crippen LogP contribution in [0.1, 0.15) is 6.92 Å². The van der Waals surface area contributed by atoms with Gasteiger partial charge >= 0.3 is 0 Å². The Labute approximate surface area is 106 Å². The van der Waals surface area contributed by atoms with Gasteiger partial charge in [-0.05, 0) is 24.3 Å². The molecule has 1 rings (SSSR count). The quantitative estimate of drug-likeness (QED) is 0.525. The van der Waals surface area contributed by atoms with Crippen molar-refractivity contribution in [3.8, 4) is 0 Å². The van der Waals surface area contributed by atoms with Crippen molar-refractivity contribution in [2.24, 2.45) is 0 Å². The van der Waals surface area contributed by atoms with Crippen molar-refractivity contribution in [3.63, 3.8) is 0 Å². The first-order valence-corrected chi connectivity index (χ1v) is 5.61. The summed E-state index contributed by atoms with van der Waals surface area (Å²) in [5, 5.41) is 8.29. The second-order valence-electron chi connectivity index (χ2n) is 3.73. The highest BCUT2D eigenvalue weighted by molar-refractivity contribution is 5.93. The SMILES string of the molecule is C=CCNCC(=O)Nc1ccc(NC(C)=O)cc1. The molecule has 0 fully saturated rings. The molecular weight excluding hydrogens is 230 g/mol. The molecule has 0 unspecified atom stereocenters. The van der Waals surface area contributed by atoms with E-state index in [0.29, 0.717) is 17.9 Å². The molecule has 5 heteroatoms. The molecule has 0 saturated carbocycles. The van der Waals surface area contributed by atoms with Gasteiger partial charge in [0.05, 0.1) is 6.54 Å². The molecule has 1 aromatic carbocycles. The van der Waals surface area contributed by atoms with Crippen LogP contribution in [0.15, 0.2) is 36.9 Å². The van der Waals surface area contributed by atoms with Crippen LogP contribution in [-0.2, 0) is 9.59 Å². The Balaban J connectivity index is 2.45. The second-order valence-corrected chi connectivity index (χ2v) is 3.73. The van der Waals surface area contributed by atoms with Crippen molar-refractivity contribution in [2.45, 2.75) is 6.92 Å². The highest BCUT2D eigenvalue weighted by atomic mass is 16.2. The summed E-state index contributed by atoms with van der Waals surface area (Å²) in [6.07, 6.45) is 1.69. The molecule has 0 aliphatic carbocycles. The number of carbonyl (C=O) groups excluding carboxylic acids is 2. The Morgan fingerprint density at radius 1 is 1.17 bits per heavy atom. The van der Waals surface area contributed by atoms with Crippen molar-refractivity contribution in [1.29, 1.82) is 0 Å². The number of rotatable bonds is 6. The first kappa shape index (κ1) is 13.9. The number of carbonyl (C=O) groups is 2. The molecule has 3 N–H and O–H groups in total. The molecule has 0 radical (unpaired) electrons. The number of hydrogen-bond donors (Lipinski definition) is 3. The van der Waals surface area contributed by atoms with Gasteiger partial charge in [0, 0.05) is 24.8 Å². The third kappa shape index (κ3) is 5.27. The fourth-order valence-electron chi connectivity index (χ4n) is 1.33. The van der Waals surface area contributed by atoms with Gasteiger partial charge in [-0.15, -0.1) is 6.58 Å². The number of amides is 2. The van der Waals surface area contributed by atoms with Gasteiger partial charge in [0.25, 0.3) is 0 Å². The second kappa shape index (κ2) is 7.24. The molecule has 0 atom stereocenters. The molecule has 0 saturated heterocycles. The average molecular weight is 247 g/mol. The Hall–Kier alpha value is -2.14. The Kier molecular flexibility index (Phi) is 5.60. The van der Waals surface area contributed by atoms with Crippen molar-refractivity contribution in [3.05, 3.63) is 36.9 Å². The lowest BCUT2D eigenvalue weighted by Gasteiger charge is -2.07. The molecule has 96 valence electrons. The van der Waals surface area contributed by atoms with Crippen LogP contribution in [0.5, 0.6) is 0 Å². The number of anilines is 2. The third-order valence-corrected chi connectivity index (χ3v) is 2.06. The summed E-state index contributed by atoms with van der Waals surface area (Å²) in [5.74, 6) is -0.246. The Morgan fingerprint density at radius 2 is 1.72 bits per heavy atom. The van der Waals surface area contributed by atoms with Crippen LogP contribution in [0, 0.1) is 0 Å². The first-order valence-electron chi connectivity index (χ1n) is 5.61. The van der Waals surface area contributed by atoms with E-state index in [1.54, 1.807) is 30.3 Å². The normalized spacial score (nSPS) is 9.61. The fourth-order valence-corrected chi connectivity index (χ4v) is 1.33. The van der Waals surface area contributed by atoms with E-state index in [4.69, 9.17) is 0 Å². The van der Waals surface area contributed by atoms with E-state index in [9.17, 15) is 9.59 Å². The Morgan fingerprint density at radius 3 is 2.22 bits per heavy atom. The van der Waals surface area contributed by atoms with Crippen LogP contribution < -0.4 is 16.0 Å². The smallest absolute Gasteiger partial charge is 0.238 e. The fraction of sp³-hybridized carbons (Fsp3) is 0.231. The minimum absolute atomic E-state index is 0.121. The highest BCUT2D eigenvalue weighted by Gasteiger charge is 2.01. The van der Waals surface area contributed by atoms with Crippen LogP contribution >= 0.6 is 0 Å². The molecule has 0 spiro atoms. The standard InChI is InChI=1S/C13H17N3O2/c1-3-8-14-9-13(18)16-12-6-4-11(5-7-12)15-10(2)17/h3-7,14H,1,8-9H2,2H3,(H,15,17)(H,16,18). The molecule has 1 aromatic rings. The van der Waals surface area contributed by atoms with Gasteiger partial charge in [-0.25, -0.2) is 0 Å². The van der Waals surface area contributed by atoms with E-state index in [2.05, 4.69) is 22.5 Å². The van der Waals surface area contributed by atoms with Crippen LogP contribution in [0.25, 0.3) is 0 Å². The largest absolute Gasteiger partial charge is 0.326 e. The molecular formula is C13H17N3O2. The Bertz CT molecular complexity index is 426. The predicted octanol–water partition coefficient (Wildman–Crippen LogP) is 1.36. The van der Waals surface area contributed by atoms with Gasteiger partial charge < -0.3 is 16.0 Å². The van der Waals surface area contributed by atoms with Gasteiger partial charge in [-0.3, -0.25) is 9.59 Å². The van der Waals surface area contributed by atoms with Crippen LogP contribution in [0.4, 0.5) is 11.4 Å². The first-order chi connectivity index (χ1) is 8.61. The molecule has 0 bridgehead atoms. The van der Waals surface area contributed by atoms with Gasteiger partial charge in [-0.2, -0.15) is 0 Å². The van der Waals surface area contributed by atoms with Crippen molar-refractivity contribution in [2.75, 3.05) is 23.7 Å². The summed E-state index contributed by atoms with van der Waals surface area (Å²) in [6.45, 7) is 5.82. The van der Waals surface area contributed by atoms with E-state index >= 15 is 0 Å². The maximum Gasteiger partial charge on any atom is 0.238 e. The maximum absolute atomic E-state index is 11.5. The lowest BCUT2D eigenvalue weighted by Crippen LogP contribution is -2.28. The van der Waals surface area contributed by atoms with Crippen molar-refractivity contribution >= 4 is 23.2 Å². The van der Waals surface area contributed by atoms with Crippen molar-refractivity contribution < 1.29 is 9.59 Å². The number of benzene rings is 1. The summed E-state index contributed by atoms with van der Waals surface area (Å²) in [7, 11) is 0. The summed E-state index contributed by atoms with van der Waals surface area (Å²) < 4.78 is 0. The minimum atomic E-state index is -0.125. The zero-order valence-electron chi connectivity index (χ0n) is 10.3. The van der Waals surface area contributed by atoms with Gasteiger partial charge in [0.15, 0.2) is 0 Å². The van der Waals surface area contributed by atoms with Gasteiger partial charge in [-0.1, -0.05) is 6.08 Å². The molecule has 0 heterocycles. The summed E-state index contributed by atoms with van der Waals surface area (Å²) in [5.41, 5.74) is 1.39. The lowest BCUT2D eigenvalue weighted by atomic mass is 10.2. The molecule has 18 heavy (non-hydrogen) atoms. The molecule has 0 aromatic heterocycles. The van der Waals surface area contributed by atoms with Crippen LogP contribution in [0.3, 0.4) is 0 Å². The lowest BCUT2D eigenvalue weighted by molar-refractivity contribution is -0.115. The number of hydrogen-bond acceptors (Lipinski definition) is 3. The van der Waals surface area contributed by atoms with E-state index in [0.717, 1.165) is 0 Å².